The fraction of sp³-hybridized carbons (Fsp3) is 0.263. The molecule has 0 unspecified atom stereocenters. The highest BCUT2D eigenvalue weighted by Gasteiger charge is 2.05. The molecule has 0 aliphatic rings. The molecular formula is C19H20BrN5O2. The summed E-state index contributed by atoms with van der Waals surface area (Å²) in [7, 11) is 0. The van der Waals surface area contributed by atoms with Gasteiger partial charge >= 0.3 is 0 Å². The maximum Gasteiger partial charge on any atom is 0.255 e. The fourth-order valence-corrected chi connectivity index (χ4v) is 3.14. The molecule has 0 spiro atoms. The lowest BCUT2D eigenvalue weighted by atomic mass is 10.1. The third kappa shape index (κ3) is 5.62. The molecule has 3 aromatic rings. The number of hydrogen-bond acceptors (Lipinski definition) is 5. The molecule has 140 valence electrons. The largest absolute Gasteiger partial charge is 0.356 e. The van der Waals surface area contributed by atoms with Gasteiger partial charge < -0.3 is 10.3 Å². The second kappa shape index (κ2) is 9.27. The molecule has 0 bridgehead atoms. The molecule has 0 amide bonds. The van der Waals surface area contributed by atoms with Crippen LogP contribution in [0.3, 0.4) is 0 Å². The first-order chi connectivity index (χ1) is 13.1. The number of aromatic amines is 2. The molecule has 3 rings (SSSR count). The van der Waals surface area contributed by atoms with E-state index >= 15 is 0 Å². The highest BCUT2D eigenvalue weighted by atomic mass is 79.9. The average Bonchev–Trinajstić information content (AvgIpc) is 2.65. The van der Waals surface area contributed by atoms with E-state index in [2.05, 4.69) is 41.2 Å². The van der Waals surface area contributed by atoms with Crippen LogP contribution in [0.4, 0.5) is 5.95 Å². The minimum absolute atomic E-state index is 0.187. The van der Waals surface area contributed by atoms with Gasteiger partial charge in [-0.1, -0.05) is 0 Å². The number of rotatable bonds is 8. The Kier molecular flexibility index (Phi) is 6.54. The normalized spacial score (nSPS) is 10.7. The summed E-state index contributed by atoms with van der Waals surface area (Å²) < 4.78 is 1.03. The Morgan fingerprint density at radius 1 is 1.15 bits per heavy atom. The van der Waals surface area contributed by atoms with Crippen molar-refractivity contribution in [1.29, 1.82) is 0 Å². The van der Waals surface area contributed by atoms with Gasteiger partial charge in [0.2, 0.25) is 11.5 Å². The topological polar surface area (TPSA) is 104 Å². The summed E-state index contributed by atoms with van der Waals surface area (Å²) in [5, 5.41) is 3.13. The zero-order valence-electron chi connectivity index (χ0n) is 14.7. The summed E-state index contributed by atoms with van der Waals surface area (Å²) in [6.07, 6.45) is 8.08. The standard InChI is InChI=1S/C19H20BrN5O2/c20-15-4-3-8-21-16(15)5-1-2-7-23-19-24-12-14(18(27)25-19)10-13-6-9-22-17(26)11-13/h3-4,6,8-9,11-12H,1-2,5,7,10H2,(H,22,26)(H2,23,24,25,27). The third-order valence-electron chi connectivity index (χ3n) is 4.07. The van der Waals surface area contributed by atoms with E-state index in [-0.39, 0.29) is 11.1 Å². The van der Waals surface area contributed by atoms with Crippen LogP contribution in [0.15, 0.2) is 56.9 Å². The summed E-state index contributed by atoms with van der Waals surface area (Å²) in [6, 6.07) is 7.14. The number of nitrogens with one attached hydrogen (secondary N) is 3. The number of unbranched alkanes of at least 4 members (excludes halogenated alkanes) is 1. The molecule has 7 nitrogen and oxygen atoms in total. The van der Waals surface area contributed by atoms with Crippen LogP contribution in [0.25, 0.3) is 0 Å². The number of aromatic nitrogens is 4. The Morgan fingerprint density at radius 2 is 2.04 bits per heavy atom. The van der Waals surface area contributed by atoms with Gasteiger partial charge in [0.25, 0.3) is 5.56 Å². The summed E-state index contributed by atoms with van der Waals surface area (Å²) >= 11 is 3.50. The number of hydrogen-bond donors (Lipinski definition) is 3. The molecule has 0 saturated heterocycles. The summed E-state index contributed by atoms with van der Waals surface area (Å²) in [6.45, 7) is 0.709. The molecular weight excluding hydrogens is 410 g/mol. The molecule has 27 heavy (non-hydrogen) atoms. The van der Waals surface area contributed by atoms with E-state index in [0.717, 1.165) is 35.0 Å². The van der Waals surface area contributed by atoms with Crippen LogP contribution in [-0.4, -0.2) is 26.5 Å². The number of pyridine rings is 2. The maximum atomic E-state index is 12.2. The second-order valence-electron chi connectivity index (χ2n) is 6.14. The van der Waals surface area contributed by atoms with E-state index in [1.54, 1.807) is 24.7 Å². The van der Waals surface area contributed by atoms with Gasteiger partial charge in [-0.3, -0.25) is 19.6 Å². The molecule has 0 aliphatic carbocycles. The number of H-pyrrole nitrogens is 2. The lowest BCUT2D eigenvalue weighted by Gasteiger charge is -2.07. The third-order valence-corrected chi connectivity index (χ3v) is 4.80. The predicted molar refractivity (Wildman–Crippen MR) is 108 cm³/mol. The molecule has 3 aromatic heterocycles. The Morgan fingerprint density at radius 3 is 2.81 bits per heavy atom. The minimum atomic E-state index is -0.204. The fourth-order valence-electron chi connectivity index (χ4n) is 2.68. The van der Waals surface area contributed by atoms with Crippen molar-refractivity contribution in [2.24, 2.45) is 0 Å². The van der Waals surface area contributed by atoms with E-state index in [1.165, 1.54) is 6.07 Å². The van der Waals surface area contributed by atoms with Crippen LogP contribution in [0, 0.1) is 0 Å². The van der Waals surface area contributed by atoms with Crippen LogP contribution in [-0.2, 0) is 12.8 Å². The van der Waals surface area contributed by atoms with Gasteiger partial charge in [0.1, 0.15) is 0 Å². The molecule has 0 aromatic carbocycles. The molecule has 0 saturated carbocycles. The Labute approximate surface area is 164 Å². The van der Waals surface area contributed by atoms with Crippen molar-refractivity contribution in [2.75, 3.05) is 11.9 Å². The van der Waals surface area contributed by atoms with Gasteiger partial charge in [-0.15, -0.1) is 0 Å². The van der Waals surface area contributed by atoms with Crippen molar-refractivity contribution in [3.05, 3.63) is 84.9 Å². The van der Waals surface area contributed by atoms with Crippen molar-refractivity contribution in [3.8, 4) is 0 Å². The summed E-state index contributed by atoms with van der Waals surface area (Å²) in [4.78, 5) is 37.4. The zero-order valence-corrected chi connectivity index (χ0v) is 16.3. The number of aryl methyl sites for hydroxylation is 1. The molecule has 0 radical (unpaired) electrons. The van der Waals surface area contributed by atoms with E-state index in [1.807, 2.05) is 12.1 Å². The van der Waals surface area contributed by atoms with Gasteiger partial charge in [0, 0.05) is 47.7 Å². The Balaban J connectivity index is 1.48. The number of halogens is 1. The predicted octanol–water partition coefficient (Wildman–Crippen LogP) is 2.64. The van der Waals surface area contributed by atoms with E-state index in [0.29, 0.717) is 24.5 Å². The van der Waals surface area contributed by atoms with Crippen LogP contribution < -0.4 is 16.4 Å². The van der Waals surface area contributed by atoms with Crippen LogP contribution in [0.2, 0.25) is 0 Å². The summed E-state index contributed by atoms with van der Waals surface area (Å²) in [5.74, 6) is 0.452. The van der Waals surface area contributed by atoms with Crippen LogP contribution >= 0.6 is 15.9 Å². The molecule has 3 heterocycles. The highest BCUT2D eigenvalue weighted by Crippen LogP contribution is 2.15. The maximum absolute atomic E-state index is 12.2. The van der Waals surface area contributed by atoms with E-state index in [9.17, 15) is 9.59 Å². The van der Waals surface area contributed by atoms with Gasteiger partial charge in [-0.05, 0) is 59.0 Å². The van der Waals surface area contributed by atoms with Gasteiger partial charge in [-0.25, -0.2) is 4.98 Å². The first-order valence-corrected chi connectivity index (χ1v) is 9.50. The summed E-state index contributed by atoms with van der Waals surface area (Å²) in [5.41, 5.74) is 1.95. The molecule has 0 aliphatic heterocycles. The number of anilines is 1. The van der Waals surface area contributed by atoms with Crippen molar-refractivity contribution >= 4 is 21.9 Å². The lowest BCUT2D eigenvalue weighted by Crippen LogP contribution is -2.18. The first kappa shape index (κ1) is 19.0. The van der Waals surface area contributed by atoms with Crippen LogP contribution in [0.5, 0.6) is 0 Å². The van der Waals surface area contributed by atoms with Gasteiger partial charge in [-0.2, -0.15) is 0 Å². The van der Waals surface area contributed by atoms with E-state index < -0.39 is 0 Å². The average molecular weight is 430 g/mol. The molecule has 3 N–H and O–H groups in total. The minimum Gasteiger partial charge on any atom is -0.356 e. The van der Waals surface area contributed by atoms with Crippen molar-refractivity contribution < 1.29 is 0 Å². The smallest absolute Gasteiger partial charge is 0.255 e. The monoisotopic (exact) mass is 429 g/mol. The van der Waals surface area contributed by atoms with Gasteiger partial charge in [0.05, 0.1) is 5.69 Å². The SMILES string of the molecule is O=c1cc(Cc2cnc(NCCCCc3ncccc3Br)[nH]c2=O)cc[nH]1. The van der Waals surface area contributed by atoms with Crippen molar-refractivity contribution in [1.82, 2.24) is 19.9 Å². The molecule has 8 heteroatoms. The quantitative estimate of drug-likeness (QED) is 0.477. The zero-order chi connectivity index (χ0) is 19.1. The van der Waals surface area contributed by atoms with Crippen LogP contribution in [0.1, 0.15) is 29.7 Å². The number of nitrogens with zero attached hydrogens (tertiary/aromatic N) is 2. The second-order valence-corrected chi connectivity index (χ2v) is 6.99. The van der Waals surface area contributed by atoms with Crippen molar-refractivity contribution in [2.45, 2.75) is 25.7 Å². The lowest BCUT2D eigenvalue weighted by molar-refractivity contribution is 0.742. The highest BCUT2D eigenvalue weighted by molar-refractivity contribution is 9.10. The van der Waals surface area contributed by atoms with Crippen molar-refractivity contribution in [3.63, 3.8) is 0 Å². The first-order valence-electron chi connectivity index (χ1n) is 8.71. The van der Waals surface area contributed by atoms with E-state index in [4.69, 9.17) is 0 Å². The Bertz CT molecular complexity index is 1010. The Hall–Kier alpha value is -2.74. The molecule has 0 atom stereocenters. The van der Waals surface area contributed by atoms with Gasteiger partial charge in [0.15, 0.2) is 0 Å². The molecule has 0 fully saturated rings.